The highest BCUT2D eigenvalue weighted by Crippen LogP contribution is 2.23. The van der Waals surface area contributed by atoms with E-state index in [0.717, 1.165) is 23.5 Å². The second-order valence-corrected chi connectivity index (χ2v) is 5.16. The molecule has 0 aromatic carbocycles. The van der Waals surface area contributed by atoms with Gasteiger partial charge in [0.2, 0.25) is 0 Å². The van der Waals surface area contributed by atoms with Crippen LogP contribution in [0.3, 0.4) is 0 Å². The lowest BCUT2D eigenvalue weighted by Gasteiger charge is -2.16. The van der Waals surface area contributed by atoms with Crippen molar-refractivity contribution in [1.82, 2.24) is 0 Å². The van der Waals surface area contributed by atoms with Gasteiger partial charge in [0.25, 0.3) is 0 Å². The molecule has 84 valence electrons. The lowest BCUT2D eigenvalue weighted by Crippen LogP contribution is -2.16. The number of thioether (sulfide) groups is 2. The van der Waals surface area contributed by atoms with Crippen LogP contribution >= 0.6 is 23.5 Å². The van der Waals surface area contributed by atoms with Gasteiger partial charge in [0.15, 0.2) is 0 Å². The second kappa shape index (κ2) is 7.01. The Hall–Kier alpha value is -0.350. The van der Waals surface area contributed by atoms with Crippen molar-refractivity contribution in [1.29, 1.82) is 0 Å². The molecule has 0 fully saturated rings. The first-order valence-corrected chi connectivity index (χ1v) is 7.38. The summed E-state index contributed by atoms with van der Waals surface area (Å²) in [7, 11) is 0. The Bertz CT molecular complexity index is 266. The molecule has 0 aromatic rings. The van der Waals surface area contributed by atoms with Crippen molar-refractivity contribution in [2.75, 3.05) is 12.5 Å². The van der Waals surface area contributed by atoms with Crippen LogP contribution in [0.15, 0.2) is 22.5 Å². The Morgan fingerprint density at radius 1 is 1.47 bits per heavy atom. The molecular formula is C11H16O2S2. The summed E-state index contributed by atoms with van der Waals surface area (Å²) in [4.78, 5) is 11.5. The molecule has 1 atom stereocenters. The van der Waals surface area contributed by atoms with E-state index in [0.29, 0.717) is 0 Å². The van der Waals surface area contributed by atoms with E-state index in [4.69, 9.17) is 4.74 Å². The number of hydrogen-bond acceptors (Lipinski definition) is 4. The summed E-state index contributed by atoms with van der Waals surface area (Å²) in [6.07, 6.45) is 12.7. The van der Waals surface area contributed by atoms with E-state index in [1.807, 2.05) is 18.6 Å². The van der Waals surface area contributed by atoms with Gasteiger partial charge >= 0.3 is 5.97 Å². The maximum absolute atomic E-state index is 11.5. The van der Waals surface area contributed by atoms with E-state index in [-0.39, 0.29) is 12.1 Å². The van der Waals surface area contributed by atoms with Gasteiger partial charge in [0, 0.05) is 10.3 Å². The third kappa shape index (κ3) is 4.80. The summed E-state index contributed by atoms with van der Waals surface area (Å²) in [5.74, 6) is -0.231. The van der Waals surface area contributed by atoms with Gasteiger partial charge in [-0.1, -0.05) is 6.08 Å². The normalized spacial score (nSPS) is 19.7. The molecule has 2 nitrogen and oxygen atoms in total. The molecule has 0 aromatic heterocycles. The number of allylic oxidation sites excluding steroid dienone is 1. The van der Waals surface area contributed by atoms with Crippen molar-refractivity contribution in [3.8, 4) is 0 Å². The minimum Gasteiger partial charge on any atom is -0.455 e. The third-order valence-corrected chi connectivity index (χ3v) is 4.16. The van der Waals surface area contributed by atoms with Gasteiger partial charge in [0.05, 0.1) is 0 Å². The van der Waals surface area contributed by atoms with E-state index in [1.54, 1.807) is 29.6 Å². The molecular weight excluding hydrogens is 228 g/mol. The van der Waals surface area contributed by atoms with Crippen LogP contribution in [0.4, 0.5) is 0 Å². The molecule has 1 aliphatic carbocycles. The average Bonchev–Trinajstić information content (AvgIpc) is 2.27. The molecule has 1 rings (SSSR count). The first-order valence-electron chi connectivity index (χ1n) is 4.93. The molecule has 1 unspecified atom stereocenters. The number of carbonyl (C=O) groups excluding carboxylic acids is 1. The Morgan fingerprint density at radius 2 is 2.20 bits per heavy atom. The zero-order valence-electron chi connectivity index (χ0n) is 9.06. The number of hydrogen-bond donors (Lipinski definition) is 0. The number of ether oxygens (including phenoxy) is 1. The lowest BCUT2D eigenvalue weighted by molar-refractivity contribution is -0.141. The van der Waals surface area contributed by atoms with Crippen molar-refractivity contribution in [3.05, 3.63) is 22.5 Å². The van der Waals surface area contributed by atoms with E-state index < -0.39 is 0 Å². The van der Waals surface area contributed by atoms with E-state index in [2.05, 4.69) is 6.08 Å². The first kappa shape index (κ1) is 12.7. The molecule has 0 amide bonds. The Kier molecular flexibility index (Phi) is 5.95. The van der Waals surface area contributed by atoms with Gasteiger partial charge in [-0.05, 0) is 37.9 Å². The molecule has 0 radical (unpaired) electrons. The topological polar surface area (TPSA) is 26.3 Å². The second-order valence-electron chi connectivity index (χ2n) is 3.21. The molecule has 0 N–H and O–H groups in total. The van der Waals surface area contributed by atoms with Crippen molar-refractivity contribution in [2.24, 2.45) is 0 Å². The zero-order valence-corrected chi connectivity index (χ0v) is 10.7. The highest BCUT2D eigenvalue weighted by molar-refractivity contribution is 8.21. The van der Waals surface area contributed by atoms with Crippen LogP contribution in [-0.4, -0.2) is 24.6 Å². The quantitative estimate of drug-likeness (QED) is 0.431. The molecule has 4 heteroatoms. The first-order chi connectivity index (χ1) is 7.26. The maximum atomic E-state index is 11.5. The summed E-state index contributed by atoms with van der Waals surface area (Å²) in [5, 5.41) is 0. The molecule has 0 spiro atoms. The minimum absolute atomic E-state index is 0.0209. The lowest BCUT2D eigenvalue weighted by atomic mass is 10.1. The van der Waals surface area contributed by atoms with Crippen LogP contribution in [0.5, 0.6) is 0 Å². The van der Waals surface area contributed by atoms with Crippen molar-refractivity contribution in [3.63, 3.8) is 0 Å². The van der Waals surface area contributed by atoms with Gasteiger partial charge in [-0.25, -0.2) is 4.79 Å². The number of esters is 1. The third-order valence-electron chi connectivity index (χ3n) is 2.12. The molecule has 0 heterocycles. The van der Waals surface area contributed by atoms with Crippen LogP contribution in [0.2, 0.25) is 0 Å². The molecule has 0 saturated heterocycles. The summed E-state index contributed by atoms with van der Waals surface area (Å²) < 4.78 is 6.28. The standard InChI is InChI=1S/C11H16O2S2/c1-14-11(15-2)8-10(12)13-9-6-4-3-5-7-9/h4,6,8-9H,3,5,7H2,1-2H3. The highest BCUT2D eigenvalue weighted by Gasteiger charge is 2.12. The van der Waals surface area contributed by atoms with Gasteiger partial charge in [-0.15, -0.1) is 23.5 Å². The Labute approximate surface area is 99.5 Å². The Balaban J connectivity index is 2.44. The molecule has 15 heavy (non-hydrogen) atoms. The van der Waals surface area contributed by atoms with Crippen LogP contribution in [0, 0.1) is 0 Å². The fraction of sp³-hybridized carbons (Fsp3) is 0.545. The minimum atomic E-state index is -0.231. The molecule has 0 bridgehead atoms. The fourth-order valence-corrected chi connectivity index (χ4v) is 2.45. The van der Waals surface area contributed by atoms with Crippen molar-refractivity contribution >= 4 is 29.5 Å². The summed E-state index contributed by atoms with van der Waals surface area (Å²) in [5.41, 5.74) is 0. The molecule has 1 aliphatic rings. The number of carbonyl (C=O) groups is 1. The average molecular weight is 244 g/mol. The zero-order chi connectivity index (χ0) is 11.1. The maximum Gasteiger partial charge on any atom is 0.333 e. The van der Waals surface area contributed by atoms with Gasteiger partial charge < -0.3 is 4.74 Å². The summed E-state index contributed by atoms with van der Waals surface area (Å²) in [6.45, 7) is 0. The van der Waals surface area contributed by atoms with E-state index in [1.165, 1.54) is 0 Å². The van der Waals surface area contributed by atoms with Gasteiger partial charge in [-0.3, -0.25) is 0 Å². The predicted octanol–water partition coefficient (Wildman–Crippen LogP) is 3.21. The smallest absolute Gasteiger partial charge is 0.333 e. The monoisotopic (exact) mass is 244 g/mol. The fourth-order valence-electron chi connectivity index (χ4n) is 1.36. The molecule has 0 aliphatic heterocycles. The van der Waals surface area contributed by atoms with Crippen molar-refractivity contribution < 1.29 is 9.53 Å². The Morgan fingerprint density at radius 3 is 2.73 bits per heavy atom. The molecule has 0 saturated carbocycles. The predicted molar refractivity (Wildman–Crippen MR) is 68.0 cm³/mol. The van der Waals surface area contributed by atoms with Crippen LogP contribution in [0.1, 0.15) is 19.3 Å². The van der Waals surface area contributed by atoms with Gasteiger partial charge in [-0.2, -0.15) is 0 Å². The highest BCUT2D eigenvalue weighted by atomic mass is 32.2. The van der Waals surface area contributed by atoms with E-state index in [9.17, 15) is 4.79 Å². The number of rotatable bonds is 4. The van der Waals surface area contributed by atoms with Crippen LogP contribution < -0.4 is 0 Å². The SMILES string of the molecule is CSC(=CC(=O)OC1C=CCCC1)SC. The summed E-state index contributed by atoms with van der Waals surface area (Å²) in [6, 6.07) is 0. The van der Waals surface area contributed by atoms with Crippen LogP contribution in [0.25, 0.3) is 0 Å². The van der Waals surface area contributed by atoms with E-state index >= 15 is 0 Å². The van der Waals surface area contributed by atoms with Crippen molar-refractivity contribution in [2.45, 2.75) is 25.4 Å². The van der Waals surface area contributed by atoms with Crippen LogP contribution in [-0.2, 0) is 9.53 Å². The van der Waals surface area contributed by atoms with Gasteiger partial charge in [0.1, 0.15) is 6.10 Å². The largest absolute Gasteiger partial charge is 0.455 e. The summed E-state index contributed by atoms with van der Waals surface area (Å²) >= 11 is 3.13.